The van der Waals surface area contributed by atoms with Crippen LogP contribution in [0.1, 0.15) is 26.7 Å². The number of hydrogen-bond acceptors (Lipinski definition) is 2. The largest absolute Gasteiger partial charge is 0.448 e. The Morgan fingerprint density at radius 2 is 2.27 bits per heavy atom. The van der Waals surface area contributed by atoms with Gasteiger partial charge >= 0.3 is 0 Å². The Kier molecular flexibility index (Phi) is 2.13. The van der Waals surface area contributed by atoms with Gasteiger partial charge in [0.05, 0.1) is 11.6 Å². The molecule has 1 rings (SSSR count). The summed E-state index contributed by atoms with van der Waals surface area (Å²) in [6.07, 6.45) is 7.34. The highest BCUT2D eigenvalue weighted by Gasteiger charge is 2.20. The molecule has 0 saturated carbocycles. The summed E-state index contributed by atoms with van der Waals surface area (Å²) < 4.78 is 5.19. The van der Waals surface area contributed by atoms with Gasteiger partial charge in [0.25, 0.3) is 0 Å². The smallest absolute Gasteiger partial charge is 0.203 e. The summed E-state index contributed by atoms with van der Waals surface area (Å²) in [5.74, 6) is 0.760. The Morgan fingerprint density at radius 1 is 1.55 bits per heavy atom. The molecule has 0 bridgehead atoms. The fraction of sp³-hybridized carbons (Fsp3) is 0.444. The highest BCUT2D eigenvalue weighted by molar-refractivity contribution is 5.11. The van der Waals surface area contributed by atoms with E-state index in [0.717, 1.165) is 5.89 Å². The summed E-state index contributed by atoms with van der Waals surface area (Å²) in [4.78, 5) is 4.09. The van der Waals surface area contributed by atoms with E-state index in [0.29, 0.717) is 0 Å². The lowest BCUT2D eigenvalue weighted by Gasteiger charge is -2.14. The quantitative estimate of drug-likeness (QED) is 0.607. The molecule has 0 radical (unpaired) electrons. The van der Waals surface area contributed by atoms with E-state index in [-0.39, 0.29) is 5.41 Å². The number of nitrogens with zero attached hydrogens (tertiary/aromatic N) is 1. The molecular weight excluding hydrogens is 138 g/mol. The Bertz CT molecular complexity index is 234. The third-order valence-electron chi connectivity index (χ3n) is 1.57. The maximum absolute atomic E-state index is 5.19. The van der Waals surface area contributed by atoms with Crippen LogP contribution >= 0.6 is 0 Å². The SMILES string of the molecule is C/C=C/C(C)(C)c1ncco1. The van der Waals surface area contributed by atoms with Crippen molar-refractivity contribution in [2.45, 2.75) is 26.2 Å². The third kappa shape index (κ3) is 1.70. The molecule has 0 aliphatic heterocycles. The van der Waals surface area contributed by atoms with Crippen molar-refractivity contribution in [3.63, 3.8) is 0 Å². The maximum atomic E-state index is 5.19. The van der Waals surface area contributed by atoms with Gasteiger partial charge in [-0.15, -0.1) is 0 Å². The van der Waals surface area contributed by atoms with Crippen molar-refractivity contribution in [1.29, 1.82) is 0 Å². The van der Waals surface area contributed by atoms with Gasteiger partial charge in [-0.1, -0.05) is 12.2 Å². The van der Waals surface area contributed by atoms with Crippen molar-refractivity contribution < 1.29 is 4.42 Å². The van der Waals surface area contributed by atoms with Crippen LogP contribution in [0.25, 0.3) is 0 Å². The fourth-order valence-corrected chi connectivity index (χ4v) is 1.03. The molecule has 0 amide bonds. The van der Waals surface area contributed by atoms with Crippen molar-refractivity contribution in [3.05, 3.63) is 30.5 Å². The standard InChI is InChI=1S/C9H13NO/c1-4-5-9(2,3)8-10-6-7-11-8/h4-7H,1-3H3/b5-4+. The van der Waals surface area contributed by atoms with Gasteiger partial charge in [-0.25, -0.2) is 4.98 Å². The lowest BCUT2D eigenvalue weighted by molar-refractivity contribution is 0.420. The molecule has 1 aromatic rings. The Hall–Kier alpha value is -1.05. The van der Waals surface area contributed by atoms with E-state index in [9.17, 15) is 0 Å². The Balaban J connectivity index is 2.90. The molecule has 0 fully saturated rings. The number of oxazole rings is 1. The molecular formula is C9H13NO. The van der Waals surface area contributed by atoms with Crippen LogP contribution in [0.2, 0.25) is 0 Å². The predicted molar refractivity (Wildman–Crippen MR) is 44.3 cm³/mol. The zero-order chi connectivity index (χ0) is 8.32. The van der Waals surface area contributed by atoms with Crippen molar-refractivity contribution in [1.82, 2.24) is 4.98 Å². The van der Waals surface area contributed by atoms with Crippen LogP contribution in [0.4, 0.5) is 0 Å². The molecule has 11 heavy (non-hydrogen) atoms. The summed E-state index contributed by atoms with van der Waals surface area (Å²) in [5.41, 5.74) is -0.0851. The van der Waals surface area contributed by atoms with E-state index in [4.69, 9.17) is 4.42 Å². The lowest BCUT2D eigenvalue weighted by atomic mass is 9.93. The minimum atomic E-state index is -0.0851. The molecule has 0 unspecified atom stereocenters. The van der Waals surface area contributed by atoms with Gasteiger partial charge in [0, 0.05) is 0 Å². The molecule has 60 valence electrons. The van der Waals surface area contributed by atoms with Crippen LogP contribution < -0.4 is 0 Å². The van der Waals surface area contributed by atoms with E-state index in [1.807, 2.05) is 13.0 Å². The average Bonchev–Trinajstić information content (AvgIpc) is 2.37. The van der Waals surface area contributed by atoms with Crippen molar-refractivity contribution in [2.75, 3.05) is 0 Å². The monoisotopic (exact) mass is 151 g/mol. The Morgan fingerprint density at radius 3 is 2.73 bits per heavy atom. The third-order valence-corrected chi connectivity index (χ3v) is 1.57. The summed E-state index contributed by atoms with van der Waals surface area (Å²) in [7, 11) is 0. The molecule has 2 heteroatoms. The van der Waals surface area contributed by atoms with Gasteiger partial charge in [0.1, 0.15) is 6.26 Å². The van der Waals surface area contributed by atoms with Crippen molar-refractivity contribution in [2.24, 2.45) is 0 Å². The van der Waals surface area contributed by atoms with Crippen molar-refractivity contribution in [3.8, 4) is 0 Å². The first kappa shape index (κ1) is 8.05. The molecule has 0 N–H and O–H groups in total. The van der Waals surface area contributed by atoms with Crippen LogP contribution in [-0.4, -0.2) is 4.98 Å². The van der Waals surface area contributed by atoms with Gasteiger partial charge < -0.3 is 4.42 Å². The molecule has 1 heterocycles. The first-order chi connectivity index (χ1) is 5.17. The molecule has 0 spiro atoms. The number of allylic oxidation sites excluding steroid dienone is 2. The van der Waals surface area contributed by atoms with Crippen LogP contribution in [0.15, 0.2) is 29.0 Å². The molecule has 0 saturated heterocycles. The fourth-order valence-electron chi connectivity index (χ4n) is 1.03. The van der Waals surface area contributed by atoms with Gasteiger partial charge in [-0.3, -0.25) is 0 Å². The first-order valence-corrected chi connectivity index (χ1v) is 3.70. The van der Waals surface area contributed by atoms with E-state index >= 15 is 0 Å². The second kappa shape index (κ2) is 2.91. The number of aromatic nitrogens is 1. The van der Waals surface area contributed by atoms with Crippen LogP contribution in [-0.2, 0) is 5.41 Å². The highest BCUT2D eigenvalue weighted by atomic mass is 16.3. The molecule has 1 aromatic heterocycles. The van der Waals surface area contributed by atoms with E-state index in [1.165, 1.54) is 0 Å². The summed E-state index contributed by atoms with van der Waals surface area (Å²) >= 11 is 0. The number of hydrogen-bond donors (Lipinski definition) is 0. The van der Waals surface area contributed by atoms with Crippen molar-refractivity contribution >= 4 is 0 Å². The highest BCUT2D eigenvalue weighted by Crippen LogP contribution is 2.22. The minimum absolute atomic E-state index is 0.0851. The number of rotatable bonds is 2. The van der Waals surface area contributed by atoms with Gasteiger partial charge in [0.2, 0.25) is 5.89 Å². The normalized spacial score (nSPS) is 12.6. The zero-order valence-electron chi connectivity index (χ0n) is 7.16. The van der Waals surface area contributed by atoms with E-state index in [2.05, 4.69) is 24.9 Å². The van der Waals surface area contributed by atoms with Gasteiger partial charge in [0.15, 0.2) is 0 Å². The Labute approximate surface area is 66.9 Å². The summed E-state index contributed by atoms with van der Waals surface area (Å²) in [6, 6.07) is 0. The van der Waals surface area contributed by atoms with Gasteiger partial charge in [-0.2, -0.15) is 0 Å². The molecule has 0 aliphatic carbocycles. The topological polar surface area (TPSA) is 26.0 Å². The average molecular weight is 151 g/mol. The summed E-state index contributed by atoms with van der Waals surface area (Å²) in [6.45, 7) is 6.13. The van der Waals surface area contributed by atoms with E-state index in [1.54, 1.807) is 12.5 Å². The first-order valence-electron chi connectivity index (χ1n) is 3.70. The molecule has 0 aromatic carbocycles. The van der Waals surface area contributed by atoms with Gasteiger partial charge in [-0.05, 0) is 20.8 Å². The minimum Gasteiger partial charge on any atom is -0.448 e. The predicted octanol–water partition coefficient (Wildman–Crippen LogP) is 2.53. The maximum Gasteiger partial charge on any atom is 0.203 e. The van der Waals surface area contributed by atoms with Crippen LogP contribution in [0, 0.1) is 0 Å². The lowest BCUT2D eigenvalue weighted by Crippen LogP contribution is -2.13. The zero-order valence-corrected chi connectivity index (χ0v) is 7.16. The van der Waals surface area contributed by atoms with Crippen LogP contribution in [0.3, 0.4) is 0 Å². The van der Waals surface area contributed by atoms with E-state index < -0.39 is 0 Å². The molecule has 2 nitrogen and oxygen atoms in total. The van der Waals surface area contributed by atoms with Crippen LogP contribution in [0.5, 0.6) is 0 Å². The molecule has 0 aliphatic rings. The summed E-state index contributed by atoms with van der Waals surface area (Å²) in [5, 5.41) is 0. The second-order valence-electron chi connectivity index (χ2n) is 3.06. The molecule has 0 atom stereocenters. The second-order valence-corrected chi connectivity index (χ2v) is 3.06.